The zero-order valence-corrected chi connectivity index (χ0v) is 22.9. The Balaban J connectivity index is 1.59. The van der Waals surface area contributed by atoms with Crippen LogP contribution in [-0.2, 0) is 23.6 Å². The largest absolute Gasteiger partial charge is 0.491 e. The minimum atomic E-state index is -3.74. The van der Waals surface area contributed by atoms with Gasteiger partial charge in [-0.1, -0.05) is 12.1 Å². The predicted molar refractivity (Wildman–Crippen MR) is 144 cm³/mol. The first-order valence-corrected chi connectivity index (χ1v) is 13.8. The molecule has 194 valence electrons. The molecular weight excluding hydrogens is 474 g/mol. The van der Waals surface area contributed by atoms with E-state index in [1.165, 1.54) is 5.56 Å². The van der Waals surface area contributed by atoms with E-state index in [2.05, 4.69) is 38.8 Å². The molecule has 0 bridgehead atoms. The summed E-state index contributed by atoms with van der Waals surface area (Å²) in [5.74, 6) is 0.826. The third-order valence-electron chi connectivity index (χ3n) is 6.58. The Morgan fingerprint density at radius 2 is 1.64 bits per heavy atom. The highest BCUT2D eigenvalue weighted by Gasteiger charge is 2.20. The lowest BCUT2D eigenvalue weighted by atomic mass is 10.0. The number of likely N-dealkylation sites (N-methyl/N-ethyl adjacent to an activating group) is 1. The Hall–Kier alpha value is -2.88. The molecule has 0 spiro atoms. The summed E-state index contributed by atoms with van der Waals surface area (Å²) in [6, 6.07) is 13.3. The van der Waals surface area contributed by atoms with Crippen LogP contribution >= 0.6 is 0 Å². The van der Waals surface area contributed by atoms with Gasteiger partial charge in [0, 0.05) is 39.8 Å². The van der Waals surface area contributed by atoms with E-state index >= 15 is 0 Å². The van der Waals surface area contributed by atoms with Gasteiger partial charge in [0.1, 0.15) is 5.75 Å². The first-order valence-electron chi connectivity index (χ1n) is 12.4. The zero-order valence-electron chi connectivity index (χ0n) is 22.1. The number of nitrogens with zero attached hydrogens (tertiary/aromatic N) is 4. The Morgan fingerprint density at radius 1 is 0.972 bits per heavy atom. The molecule has 8 nitrogen and oxygen atoms in total. The summed E-state index contributed by atoms with van der Waals surface area (Å²) >= 11 is 0. The summed E-state index contributed by atoms with van der Waals surface area (Å²) in [4.78, 5) is 5.02. The highest BCUT2D eigenvalue weighted by atomic mass is 32.2. The second kappa shape index (κ2) is 10.6. The standard InChI is InChI=1S/C27H37N5O3S/c1-19(2)35-25-16-22(18-32-13-11-30(5)12-14-32)15-24(17-25)23-7-9-26(10-8-23)36(33,34)29-27-20(3)28-31(6)21(27)4/h7-10,15-17,19,29H,11-14,18H2,1-6H3. The van der Waals surface area contributed by atoms with Crippen LogP contribution in [0.4, 0.5) is 5.69 Å². The van der Waals surface area contributed by atoms with E-state index in [4.69, 9.17) is 4.74 Å². The molecule has 36 heavy (non-hydrogen) atoms. The third-order valence-corrected chi connectivity index (χ3v) is 7.95. The number of piperazine rings is 1. The van der Waals surface area contributed by atoms with E-state index in [1.54, 1.807) is 30.8 Å². The summed E-state index contributed by atoms with van der Waals surface area (Å²) in [6.07, 6.45) is 0.0646. The van der Waals surface area contributed by atoms with Crippen LogP contribution in [0.5, 0.6) is 5.75 Å². The number of ether oxygens (including phenoxy) is 1. The second-order valence-electron chi connectivity index (χ2n) is 9.91. The molecule has 0 atom stereocenters. The second-order valence-corrected chi connectivity index (χ2v) is 11.6. The lowest BCUT2D eigenvalue weighted by Gasteiger charge is -2.32. The molecule has 0 saturated carbocycles. The Bertz CT molecular complexity index is 1310. The fraction of sp³-hybridized carbons (Fsp3) is 0.444. The number of rotatable bonds is 8. The van der Waals surface area contributed by atoms with Gasteiger partial charge in [-0.3, -0.25) is 14.3 Å². The molecule has 1 fully saturated rings. The van der Waals surface area contributed by atoms with Crippen molar-refractivity contribution < 1.29 is 13.2 Å². The molecule has 0 amide bonds. The average Bonchev–Trinajstić information content (AvgIpc) is 3.05. The highest BCUT2D eigenvalue weighted by molar-refractivity contribution is 7.92. The van der Waals surface area contributed by atoms with Gasteiger partial charge in [0.25, 0.3) is 10.0 Å². The topological polar surface area (TPSA) is 79.7 Å². The number of aryl methyl sites for hydroxylation is 2. The van der Waals surface area contributed by atoms with E-state index in [0.29, 0.717) is 11.4 Å². The van der Waals surface area contributed by atoms with Crippen LogP contribution in [0.15, 0.2) is 47.4 Å². The van der Waals surface area contributed by atoms with E-state index < -0.39 is 10.0 Å². The van der Waals surface area contributed by atoms with Gasteiger partial charge >= 0.3 is 0 Å². The van der Waals surface area contributed by atoms with Gasteiger partial charge in [0.05, 0.1) is 28.1 Å². The molecule has 0 aliphatic carbocycles. The summed E-state index contributed by atoms with van der Waals surface area (Å²) < 4.78 is 36.5. The number of anilines is 1. The third kappa shape index (κ3) is 6.08. The van der Waals surface area contributed by atoms with Crippen molar-refractivity contribution in [3.05, 3.63) is 59.4 Å². The Morgan fingerprint density at radius 3 is 2.22 bits per heavy atom. The molecule has 1 aliphatic rings. The van der Waals surface area contributed by atoms with Crippen LogP contribution in [0.25, 0.3) is 11.1 Å². The normalized spacial score (nSPS) is 15.4. The van der Waals surface area contributed by atoms with Crippen molar-refractivity contribution >= 4 is 15.7 Å². The maximum absolute atomic E-state index is 13.1. The van der Waals surface area contributed by atoms with Gasteiger partial charge in [0.15, 0.2) is 0 Å². The molecule has 1 saturated heterocycles. The smallest absolute Gasteiger partial charge is 0.262 e. The van der Waals surface area contributed by atoms with Gasteiger partial charge in [0.2, 0.25) is 0 Å². The lowest BCUT2D eigenvalue weighted by Crippen LogP contribution is -2.43. The Labute approximate surface area is 214 Å². The van der Waals surface area contributed by atoms with Crippen molar-refractivity contribution in [1.82, 2.24) is 19.6 Å². The summed E-state index contributed by atoms with van der Waals surface area (Å²) in [7, 11) is 0.215. The van der Waals surface area contributed by atoms with Crippen molar-refractivity contribution in [1.29, 1.82) is 0 Å². The highest BCUT2D eigenvalue weighted by Crippen LogP contribution is 2.29. The molecule has 0 unspecified atom stereocenters. The van der Waals surface area contributed by atoms with Crippen molar-refractivity contribution in [2.75, 3.05) is 37.9 Å². The van der Waals surface area contributed by atoms with E-state index in [1.807, 2.05) is 39.0 Å². The van der Waals surface area contributed by atoms with Crippen LogP contribution in [0.1, 0.15) is 30.8 Å². The lowest BCUT2D eigenvalue weighted by molar-refractivity contribution is 0.148. The molecule has 1 aliphatic heterocycles. The van der Waals surface area contributed by atoms with Gasteiger partial charge in [-0.2, -0.15) is 5.10 Å². The summed E-state index contributed by atoms with van der Waals surface area (Å²) in [5, 5.41) is 4.30. The van der Waals surface area contributed by atoms with Crippen LogP contribution in [0.2, 0.25) is 0 Å². The zero-order chi connectivity index (χ0) is 26.0. The molecule has 0 radical (unpaired) electrons. The van der Waals surface area contributed by atoms with Crippen LogP contribution in [0.3, 0.4) is 0 Å². The summed E-state index contributed by atoms with van der Waals surface area (Å²) in [5.41, 5.74) is 5.07. The van der Waals surface area contributed by atoms with Gasteiger partial charge < -0.3 is 9.64 Å². The number of sulfonamides is 1. The monoisotopic (exact) mass is 511 g/mol. The average molecular weight is 512 g/mol. The van der Waals surface area contributed by atoms with Crippen molar-refractivity contribution in [2.45, 2.75) is 45.2 Å². The number of benzene rings is 2. The summed E-state index contributed by atoms with van der Waals surface area (Å²) in [6.45, 7) is 12.7. The number of hydrogen-bond acceptors (Lipinski definition) is 6. The SMILES string of the molecule is Cc1nn(C)c(C)c1NS(=O)(=O)c1ccc(-c2cc(CN3CCN(C)CC3)cc(OC(C)C)c2)cc1. The minimum Gasteiger partial charge on any atom is -0.491 e. The van der Waals surface area contributed by atoms with Gasteiger partial charge in [-0.25, -0.2) is 8.42 Å². The first kappa shape index (κ1) is 26.2. The van der Waals surface area contributed by atoms with Crippen molar-refractivity contribution in [3.63, 3.8) is 0 Å². The molecule has 2 aromatic carbocycles. The first-order chi connectivity index (χ1) is 17.0. The van der Waals surface area contributed by atoms with E-state index in [9.17, 15) is 8.42 Å². The molecule has 1 aromatic heterocycles. The van der Waals surface area contributed by atoms with Gasteiger partial charge in [-0.15, -0.1) is 0 Å². The number of nitrogens with one attached hydrogen (secondary N) is 1. The van der Waals surface area contributed by atoms with Crippen LogP contribution < -0.4 is 9.46 Å². The molecule has 9 heteroatoms. The molecule has 3 aromatic rings. The van der Waals surface area contributed by atoms with E-state index in [0.717, 1.165) is 55.3 Å². The minimum absolute atomic E-state index is 0.0646. The van der Waals surface area contributed by atoms with Crippen molar-refractivity contribution in [3.8, 4) is 16.9 Å². The van der Waals surface area contributed by atoms with E-state index in [-0.39, 0.29) is 11.0 Å². The van der Waals surface area contributed by atoms with Crippen LogP contribution in [0, 0.1) is 13.8 Å². The Kier molecular flexibility index (Phi) is 7.73. The number of aromatic nitrogens is 2. The molecule has 2 heterocycles. The maximum Gasteiger partial charge on any atom is 0.262 e. The molecular formula is C27H37N5O3S. The van der Waals surface area contributed by atoms with Crippen molar-refractivity contribution in [2.24, 2.45) is 7.05 Å². The maximum atomic E-state index is 13.1. The quantitative estimate of drug-likeness (QED) is 0.492. The molecule has 1 N–H and O–H groups in total. The predicted octanol–water partition coefficient (Wildman–Crippen LogP) is 4.04. The fourth-order valence-corrected chi connectivity index (χ4v) is 5.64. The molecule has 4 rings (SSSR count). The number of hydrogen-bond donors (Lipinski definition) is 1. The van der Waals surface area contributed by atoms with Gasteiger partial charge in [-0.05, 0) is 81.8 Å². The fourth-order valence-electron chi connectivity index (χ4n) is 4.46. The van der Waals surface area contributed by atoms with Crippen LogP contribution in [-0.4, -0.2) is 67.3 Å².